The summed E-state index contributed by atoms with van der Waals surface area (Å²) >= 11 is 3.92. The molecule has 0 unspecified atom stereocenters. The maximum Gasteiger partial charge on any atom is 0.341 e. The summed E-state index contributed by atoms with van der Waals surface area (Å²) in [5, 5.41) is 14.5. The smallest absolute Gasteiger partial charge is 0.341 e. The standard InChI is InChI=1S/C22H27N5O4S3/c1-6-8-27-19(14-9-32-12(4)13(14)7-2)25-26-22(27)33-10-15(28)24-20-16(21(30)31-5)11(3)17(34-20)18(23)29/h9H,6-8,10H2,1-5H3,(H2,23,29)(H,24,28). The summed E-state index contributed by atoms with van der Waals surface area (Å²) in [6, 6.07) is 0. The van der Waals surface area contributed by atoms with Gasteiger partial charge in [-0.2, -0.15) is 0 Å². The number of primary amides is 1. The van der Waals surface area contributed by atoms with Gasteiger partial charge in [-0.15, -0.1) is 32.9 Å². The van der Waals surface area contributed by atoms with E-state index in [2.05, 4.69) is 41.7 Å². The zero-order chi connectivity index (χ0) is 25.0. The third kappa shape index (κ3) is 5.18. The topological polar surface area (TPSA) is 129 Å². The van der Waals surface area contributed by atoms with Gasteiger partial charge in [-0.05, 0) is 37.8 Å². The minimum Gasteiger partial charge on any atom is -0.465 e. The Balaban J connectivity index is 1.81. The van der Waals surface area contributed by atoms with Crippen molar-refractivity contribution < 1.29 is 19.1 Å². The van der Waals surface area contributed by atoms with Crippen molar-refractivity contribution in [2.24, 2.45) is 5.73 Å². The number of nitrogens with one attached hydrogen (secondary N) is 1. The quantitative estimate of drug-likeness (QED) is 0.301. The summed E-state index contributed by atoms with van der Waals surface area (Å²) in [7, 11) is 1.24. The highest BCUT2D eigenvalue weighted by Crippen LogP contribution is 2.35. The van der Waals surface area contributed by atoms with Gasteiger partial charge >= 0.3 is 5.97 Å². The van der Waals surface area contributed by atoms with Crippen LogP contribution in [0.1, 0.15) is 56.3 Å². The summed E-state index contributed by atoms with van der Waals surface area (Å²) < 4.78 is 6.85. The van der Waals surface area contributed by atoms with E-state index in [1.807, 2.05) is 4.57 Å². The first-order chi connectivity index (χ1) is 16.2. The van der Waals surface area contributed by atoms with Gasteiger partial charge in [-0.1, -0.05) is 25.6 Å². The number of carbonyl (C=O) groups is 3. The molecule has 0 aliphatic heterocycles. The number of ether oxygens (including phenoxy) is 1. The van der Waals surface area contributed by atoms with Crippen LogP contribution in [0.15, 0.2) is 10.5 Å². The fourth-order valence-corrected chi connectivity index (χ4v) is 6.37. The highest BCUT2D eigenvalue weighted by atomic mass is 32.2. The van der Waals surface area contributed by atoms with E-state index in [4.69, 9.17) is 10.5 Å². The first kappa shape index (κ1) is 25.9. The predicted octanol–water partition coefficient (Wildman–Crippen LogP) is 4.27. The highest BCUT2D eigenvalue weighted by molar-refractivity contribution is 7.99. The first-order valence-electron chi connectivity index (χ1n) is 10.7. The average Bonchev–Trinajstić information content (AvgIpc) is 3.47. The lowest BCUT2D eigenvalue weighted by atomic mass is 10.1. The third-order valence-corrected chi connectivity index (χ3v) is 8.35. The molecule has 182 valence electrons. The van der Waals surface area contributed by atoms with Gasteiger partial charge in [0.25, 0.3) is 5.91 Å². The molecule has 0 aliphatic rings. The van der Waals surface area contributed by atoms with Crippen LogP contribution in [0.4, 0.5) is 5.00 Å². The number of methoxy groups -OCH3 is 1. The Hall–Kier alpha value is -2.70. The van der Waals surface area contributed by atoms with Crippen molar-refractivity contribution >= 4 is 57.2 Å². The van der Waals surface area contributed by atoms with E-state index in [1.165, 1.54) is 29.3 Å². The van der Waals surface area contributed by atoms with E-state index in [-0.39, 0.29) is 27.1 Å². The van der Waals surface area contributed by atoms with Crippen LogP contribution < -0.4 is 11.1 Å². The van der Waals surface area contributed by atoms with Crippen LogP contribution in [-0.4, -0.2) is 45.4 Å². The number of hydrogen-bond donors (Lipinski definition) is 2. The van der Waals surface area contributed by atoms with Gasteiger partial charge < -0.3 is 20.4 Å². The van der Waals surface area contributed by atoms with Gasteiger partial charge in [0.15, 0.2) is 11.0 Å². The highest BCUT2D eigenvalue weighted by Gasteiger charge is 2.26. The van der Waals surface area contributed by atoms with Crippen molar-refractivity contribution in [3.05, 3.63) is 31.8 Å². The molecule has 2 amide bonds. The van der Waals surface area contributed by atoms with Crippen LogP contribution in [-0.2, 0) is 22.5 Å². The van der Waals surface area contributed by atoms with Crippen molar-refractivity contribution in [1.29, 1.82) is 0 Å². The van der Waals surface area contributed by atoms with Crippen LogP contribution in [0.25, 0.3) is 11.4 Å². The van der Waals surface area contributed by atoms with E-state index in [0.29, 0.717) is 10.7 Å². The van der Waals surface area contributed by atoms with Crippen molar-refractivity contribution in [2.45, 2.75) is 52.2 Å². The van der Waals surface area contributed by atoms with Gasteiger partial charge in [0.05, 0.1) is 23.3 Å². The van der Waals surface area contributed by atoms with Gasteiger partial charge in [0.2, 0.25) is 5.91 Å². The number of hydrogen-bond acceptors (Lipinski definition) is 9. The number of anilines is 1. The number of amides is 2. The van der Waals surface area contributed by atoms with Gasteiger partial charge in [0, 0.05) is 22.4 Å². The molecule has 12 heteroatoms. The second-order valence-corrected chi connectivity index (χ2v) is 10.5. The Morgan fingerprint density at radius 2 is 1.97 bits per heavy atom. The fraction of sp³-hybridized carbons (Fsp3) is 0.409. The Morgan fingerprint density at radius 3 is 2.59 bits per heavy atom. The Kier molecular flexibility index (Phi) is 8.50. The number of esters is 1. The molecule has 0 atom stereocenters. The second kappa shape index (κ2) is 11.2. The number of thioether (sulfide) groups is 1. The monoisotopic (exact) mass is 521 g/mol. The number of carbonyl (C=O) groups excluding carboxylic acids is 3. The predicted molar refractivity (Wildman–Crippen MR) is 136 cm³/mol. The number of aryl methyl sites for hydroxylation is 1. The van der Waals surface area contributed by atoms with Crippen molar-refractivity contribution in [1.82, 2.24) is 14.8 Å². The number of thiophene rings is 2. The normalized spacial score (nSPS) is 11.0. The number of nitrogens with two attached hydrogens (primary N) is 1. The zero-order valence-electron chi connectivity index (χ0n) is 19.7. The lowest BCUT2D eigenvalue weighted by molar-refractivity contribution is -0.113. The zero-order valence-corrected chi connectivity index (χ0v) is 22.1. The molecule has 9 nitrogen and oxygen atoms in total. The largest absolute Gasteiger partial charge is 0.465 e. The Bertz CT molecular complexity index is 1230. The van der Waals surface area contributed by atoms with Crippen LogP contribution in [0.5, 0.6) is 0 Å². The lowest BCUT2D eigenvalue weighted by Gasteiger charge is -2.10. The molecule has 0 bridgehead atoms. The third-order valence-electron chi connectivity index (χ3n) is 5.21. The average molecular weight is 522 g/mol. The summed E-state index contributed by atoms with van der Waals surface area (Å²) in [4.78, 5) is 38.1. The molecule has 3 heterocycles. The number of nitrogens with zero attached hydrogens (tertiary/aromatic N) is 3. The molecule has 0 fully saturated rings. The van der Waals surface area contributed by atoms with Crippen molar-refractivity contribution in [2.75, 3.05) is 18.2 Å². The van der Waals surface area contributed by atoms with Crippen LogP contribution >= 0.6 is 34.4 Å². The number of aromatic nitrogens is 3. The van der Waals surface area contributed by atoms with E-state index in [1.54, 1.807) is 18.3 Å². The molecular formula is C22H27N5O4S3. The minimum absolute atomic E-state index is 0.0502. The Labute approximate surface area is 210 Å². The Morgan fingerprint density at radius 1 is 1.24 bits per heavy atom. The molecule has 3 rings (SSSR count). The van der Waals surface area contributed by atoms with E-state index in [0.717, 1.165) is 42.1 Å². The van der Waals surface area contributed by atoms with E-state index >= 15 is 0 Å². The van der Waals surface area contributed by atoms with Crippen LogP contribution in [0.2, 0.25) is 0 Å². The van der Waals surface area contributed by atoms with E-state index in [9.17, 15) is 14.4 Å². The van der Waals surface area contributed by atoms with Gasteiger partial charge in [0.1, 0.15) is 5.00 Å². The fourth-order valence-electron chi connectivity index (χ4n) is 3.60. The molecule has 3 N–H and O–H groups in total. The number of rotatable bonds is 10. The summed E-state index contributed by atoms with van der Waals surface area (Å²) in [5.41, 5.74) is 8.27. The summed E-state index contributed by atoms with van der Waals surface area (Å²) in [5.74, 6) is -0.805. The van der Waals surface area contributed by atoms with E-state index < -0.39 is 11.9 Å². The van der Waals surface area contributed by atoms with Crippen molar-refractivity contribution in [3.8, 4) is 11.4 Å². The molecule has 0 saturated carbocycles. The first-order valence-corrected chi connectivity index (χ1v) is 13.4. The maximum absolute atomic E-state index is 12.7. The summed E-state index contributed by atoms with van der Waals surface area (Å²) in [6.45, 7) is 8.62. The molecular weight excluding hydrogens is 494 g/mol. The SMILES string of the molecule is CCCn1c(SCC(=O)Nc2sc(C(N)=O)c(C)c2C(=O)OC)nnc1-c1csc(C)c1CC. The molecule has 0 aromatic carbocycles. The second-order valence-electron chi connectivity index (χ2n) is 7.45. The molecule has 0 radical (unpaired) electrons. The minimum atomic E-state index is -0.669. The lowest BCUT2D eigenvalue weighted by Crippen LogP contribution is -2.16. The molecule has 3 aromatic heterocycles. The summed E-state index contributed by atoms with van der Waals surface area (Å²) in [6.07, 6.45) is 1.80. The van der Waals surface area contributed by atoms with Gasteiger partial charge in [-0.3, -0.25) is 9.59 Å². The molecule has 3 aromatic rings. The molecule has 34 heavy (non-hydrogen) atoms. The van der Waals surface area contributed by atoms with Gasteiger partial charge in [-0.25, -0.2) is 4.79 Å². The molecule has 0 saturated heterocycles. The van der Waals surface area contributed by atoms with Crippen LogP contribution in [0, 0.1) is 13.8 Å². The maximum atomic E-state index is 12.7. The van der Waals surface area contributed by atoms with Crippen molar-refractivity contribution in [3.63, 3.8) is 0 Å². The van der Waals surface area contributed by atoms with Crippen LogP contribution in [0.3, 0.4) is 0 Å². The molecule has 0 aliphatic carbocycles. The molecule has 0 spiro atoms.